The predicted molar refractivity (Wildman–Crippen MR) is 135 cm³/mol. The zero-order valence-electron chi connectivity index (χ0n) is 18.5. The smallest absolute Gasteiger partial charge is 0.250 e. The molecule has 3 aromatic carbocycles. The molecule has 1 N–H and O–H groups in total. The highest BCUT2D eigenvalue weighted by Gasteiger charge is 2.69. The Hall–Kier alpha value is -2.80. The van der Waals surface area contributed by atoms with E-state index in [9.17, 15) is 9.59 Å². The molecule has 0 aliphatic carbocycles. The van der Waals surface area contributed by atoms with Gasteiger partial charge in [0.05, 0.1) is 13.0 Å². The number of methoxy groups -OCH3 is 1. The van der Waals surface area contributed by atoms with Crippen LogP contribution in [0.3, 0.4) is 0 Å². The van der Waals surface area contributed by atoms with E-state index in [2.05, 4.69) is 10.2 Å². The highest BCUT2D eigenvalue weighted by molar-refractivity contribution is 7.99. The Bertz CT molecular complexity index is 1280. The first kappa shape index (κ1) is 21.7. The highest BCUT2D eigenvalue weighted by Crippen LogP contribution is 2.61. The van der Waals surface area contributed by atoms with E-state index in [1.165, 1.54) is 0 Å². The van der Waals surface area contributed by atoms with Crippen LogP contribution >= 0.6 is 23.4 Å². The minimum Gasteiger partial charge on any atom is -0.497 e. The third-order valence-corrected chi connectivity index (χ3v) is 8.71. The number of Topliss-reactive ketones (excluding diaryl/α,β-unsaturated/α-hetero) is 1. The number of hydrogen-bond acceptors (Lipinski definition) is 5. The number of carbonyl (C=O) groups is 2. The van der Waals surface area contributed by atoms with Crippen molar-refractivity contribution in [1.82, 2.24) is 4.90 Å². The summed E-state index contributed by atoms with van der Waals surface area (Å²) >= 11 is 8.01. The van der Waals surface area contributed by atoms with Crippen LogP contribution in [0.4, 0.5) is 5.69 Å². The van der Waals surface area contributed by atoms with E-state index in [1.807, 2.05) is 72.8 Å². The summed E-state index contributed by atoms with van der Waals surface area (Å²) in [6, 6.07) is 22.7. The number of benzene rings is 3. The molecule has 3 heterocycles. The maximum Gasteiger partial charge on any atom is 0.250 e. The maximum atomic E-state index is 14.3. The Morgan fingerprint density at radius 2 is 1.88 bits per heavy atom. The number of nitrogens with zero attached hydrogens (tertiary/aromatic N) is 1. The molecule has 6 rings (SSSR count). The Labute approximate surface area is 207 Å². The van der Waals surface area contributed by atoms with Gasteiger partial charge in [0.2, 0.25) is 5.91 Å². The predicted octanol–water partition coefficient (Wildman–Crippen LogP) is 5.17. The summed E-state index contributed by atoms with van der Waals surface area (Å²) < 4.78 is 5.53. The molecule has 0 saturated carbocycles. The molecule has 1 spiro atoms. The van der Waals surface area contributed by atoms with Crippen LogP contribution < -0.4 is 10.1 Å². The summed E-state index contributed by atoms with van der Waals surface area (Å²) in [5.41, 5.74) is 2.08. The number of halogens is 1. The van der Waals surface area contributed by atoms with Crippen LogP contribution in [0.1, 0.15) is 27.4 Å². The maximum absolute atomic E-state index is 14.3. The average Bonchev–Trinajstić information content (AvgIpc) is 3.53. The number of thioether (sulfide) groups is 1. The van der Waals surface area contributed by atoms with E-state index in [1.54, 1.807) is 18.9 Å². The van der Waals surface area contributed by atoms with Gasteiger partial charge in [-0.15, -0.1) is 11.8 Å². The van der Waals surface area contributed by atoms with Crippen molar-refractivity contribution in [3.05, 3.63) is 94.5 Å². The van der Waals surface area contributed by atoms with Crippen LogP contribution in [0, 0.1) is 5.92 Å². The van der Waals surface area contributed by atoms with Crippen molar-refractivity contribution in [1.29, 1.82) is 0 Å². The molecule has 4 atom stereocenters. The minimum absolute atomic E-state index is 0.0224. The second kappa shape index (κ2) is 8.15. The van der Waals surface area contributed by atoms with Crippen LogP contribution in [0.2, 0.25) is 5.02 Å². The number of hydrogen-bond donors (Lipinski definition) is 1. The molecule has 7 heteroatoms. The van der Waals surface area contributed by atoms with Crippen molar-refractivity contribution in [2.24, 2.45) is 5.92 Å². The molecule has 3 aliphatic rings. The molecular formula is C27H23ClN2O3S. The van der Waals surface area contributed by atoms with Crippen molar-refractivity contribution in [2.75, 3.05) is 24.1 Å². The highest BCUT2D eigenvalue weighted by atomic mass is 35.5. The van der Waals surface area contributed by atoms with Gasteiger partial charge in [-0.05, 0) is 35.9 Å². The van der Waals surface area contributed by atoms with Crippen molar-refractivity contribution in [3.63, 3.8) is 0 Å². The Morgan fingerprint density at radius 1 is 1.12 bits per heavy atom. The minimum atomic E-state index is -1.12. The van der Waals surface area contributed by atoms with E-state index < -0.39 is 11.5 Å². The normalized spacial score (nSPS) is 27.5. The fourth-order valence-electron chi connectivity index (χ4n) is 6.02. The van der Waals surface area contributed by atoms with Gasteiger partial charge in [0.1, 0.15) is 11.3 Å². The number of amides is 1. The van der Waals surface area contributed by atoms with Gasteiger partial charge in [-0.3, -0.25) is 14.5 Å². The third kappa shape index (κ3) is 2.98. The van der Waals surface area contributed by atoms with Gasteiger partial charge in [0, 0.05) is 45.4 Å². The Morgan fingerprint density at radius 3 is 2.62 bits per heavy atom. The number of ether oxygens (including phenoxy) is 1. The molecule has 3 aliphatic heterocycles. The topological polar surface area (TPSA) is 58.6 Å². The molecule has 5 nitrogen and oxygen atoms in total. The van der Waals surface area contributed by atoms with E-state index in [0.29, 0.717) is 22.2 Å². The summed E-state index contributed by atoms with van der Waals surface area (Å²) in [4.78, 5) is 30.6. The summed E-state index contributed by atoms with van der Waals surface area (Å²) in [5.74, 6) is 1.26. The lowest BCUT2D eigenvalue weighted by molar-refractivity contribution is -0.127. The number of anilines is 1. The van der Waals surface area contributed by atoms with Crippen molar-refractivity contribution in [3.8, 4) is 5.75 Å². The standard InChI is InChI=1S/C27H23ClN2O3S/c1-33-19-11-12-21-20(13-19)27(26(32)29-21)24(25(31)17-5-3-2-4-6-17)23(22-14-34-15-30(22)27)16-7-9-18(28)10-8-16/h2-13,22-24H,14-15H2,1H3,(H,29,32)/t22-,23+,24-,27-/m1/s1. The Balaban J connectivity index is 1.62. The zero-order valence-corrected chi connectivity index (χ0v) is 20.1. The first-order valence-electron chi connectivity index (χ1n) is 11.2. The Kier molecular flexibility index (Phi) is 5.21. The summed E-state index contributed by atoms with van der Waals surface area (Å²) in [7, 11) is 1.62. The molecule has 0 radical (unpaired) electrons. The first-order valence-corrected chi connectivity index (χ1v) is 12.8. The number of fused-ring (bicyclic) bond motifs is 4. The van der Waals surface area contributed by atoms with Crippen molar-refractivity contribution < 1.29 is 14.3 Å². The van der Waals surface area contributed by atoms with Crippen LogP contribution in [0.5, 0.6) is 5.75 Å². The number of nitrogens with one attached hydrogen (secondary N) is 1. The molecule has 1 amide bonds. The molecule has 0 aromatic heterocycles. The summed E-state index contributed by atoms with van der Waals surface area (Å²) in [6.45, 7) is 0. The molecule has 0 unspecified atom stereocenters. The largest absolute Gasteiger partial charge is 0.497 e. The van der Waals surface area contributed by atoms with Crippen molar-refractivity contribution >= 4 is 40.7 Å². The average molecular weight is 491 g/mol. The lowest BCUT2D eigenvalue weighted by Crippen LogP contribution is -2.52. The fraction of sp³-hybridized carbons (Fsp3) is 0.259. The quantitative estimate of drug-likeness (QED) is 0.511. The SMILES string of the molecule is COc1ccc2c(c1)[C@]1(C(=O)N2)[C@@H](C(=O)c2ccccc2)[C@@H](c2ccc(Cl)cc2)[C@H]2CSCN21. The third-order valence-electron chi connectivity index (χ3n) is 7.42. The van der Waals surface area contributed by atoms with Gasteiger partial charge in [-0.25, -0.2) is 0 Å². The van der Waals surface area contributed by atoms with Gasteiger partial charge < -0.3 is 10.1 Å². The molecule has 3 aromatic rings. The first-order chi connectivity index (χ1) is 16.6. The zero-order chi connectivity index (χ0) is 23.4. The van der Waals surface area contributed by atoms with E-state index >= 15 is 0 Å². The fourth-order valence-corrected chi connectivity index (χ4v) is 7.47. The van der Waals surface area contributed by atoms with Crippen LogP contribution in [0.15, 0.2) is 72.8 Å². The molecule has 2 fully saturated rings. The molecule has 172 valence electrons. The van der Waals surface area contributed by atoms with Crippen LogP contribution in [-0.4, -0.2) is 41.4 Å². The second-order valence-corrected chi connectivity index (χ2v) is 10.4. The van der Waals surface area contributed by atoms with Gasteiger partial charge in [0.15, 0.2) is 5.78 Å². The summed E-state index contributed by atoms with van der Waals surface area (Å²) in [6.07, 6.45) is 0. The summed E-state index contributed by atoms with van der Waals surface area (Å²) in [5, 5.41) is 3.74. The molecule has 34 heavy (non-hydrogen) atoms. The van der Waals surface area contributed by atoms with Gasteiger partial charge in [0.25, 0.3) is 0 Å². The van der Waals surface area contributed by atoms with Crippen LogP contribution in [-0.2, 0) is 10.3 Å². The van der Waals surface area contributed by atoms with E-state index in [-0.39, 0.29) is 23.7 Å². The lowest BCUT2D eigenvalue weighted by Gasteiger charge is -2.36. The van der Waals surface area contributed by atoms with Gasteiger partial charge >= 0.3 is 0 Å². The van der Waals surface area contributed by atoms with Gasteiger partial charge in [-0.2, -0.15) is 0 Å². The van der Waals surface area contributed by atoms with E-state index in [0.717, 1.165) is 22.6 Å². The number of carbonyl (C=O) groups excluding carboxylic acids is 2. The molecular weight excluding hydrogens is 468 g/mol. The van der Waals surface area contributed by atoms with E-state index in [4.69, 9.17) is 16.3 Å². The monoisotopic (exact) mass is 490 g/mol. The van der Waals surface area contributed by atoms with Crippen LogP contribution in [0.25, 0.3) is 0 Å². The lowest BCUT2D eigenvalue weighted by atomic mass is 9.69. The molecule has 0 bridgehead atoms. The second-order valence-electron chi connectivity index (χ2n) is 8.95. The molecule has 2 saturated heterocycles. The number of rotatable bonds is 4. The van der Waals surface area contributed by atoms with Crippen molar-refractivity contribution in [2.45, 2.75) is 17.5 Å². The number of ketones is 1. The van der Waals surface area contributed by atoms with Gasteiger partial charge in [-0.1, -0.05) is 54.1 Å².